The van der Waals surface area contributed by atoms with Crippen molar-refractivity contribution < 1.29 is 0 Å². The Morgan fingerprint density at radius 2 is 2.20 bits per heavy atom. The molecule has 0 bridgehead atoms. The van der Waals surface area contributed by atoms with E-state index in [1.54, 1.807) is 0 Å². The number of fused-ring (bicyclic) bond motifs is 1. The maximum atomic E-state index is 5.82. The summed E-state index contributed by atoms with van der Waals surface area (Å²) in [5, 5.41) is 5.76. The lowest BCUT2D eigenvalue weighted by Gasteiger charge is -2.25. The zero-order valence-corrected chi connectivity index (χ0v) is 8.90. The maximum Gasteiger partial charge on any atom is 0.0927 e. The van der Waals surface area contributed by atoms with E-state index in [2.05, 4.69) is 11.2 Å². The Kier molecular flexibility index (Phi) is 1.75. The largest absolute Gasteiger partial charge is 0.399 e. The summed E-state index contributed by atoms with van der Waals surface area (Å²) in [6.45, 7) is 0. The number of nitrogens with two attached hydrogens (primary N) is 1. The first-order valence-corrected chi connectivity index (χ1v) is 5.48. The summed E-state index contributed by atoms with van der Waals surface area (Å²) in [7, 11) is 2.03. The van der Waals surface area contributed by atoms with Crippen LogP contribution in [0.1, 0.15) is 30.9 Å². The van der Waals surface area contributed by atoms with Crippen molar-refractivity contribution in [2.45, 2.75) is 25.2 Å². The highest BCUT2D eigenvalue weighted by molar-refractivity contribution is 5.85. The number of aromatic nitrogens is 2. The minimum Gasteiger partial charge on any atom is -0.399 e. The normalized spacial score (nSPS) is 16.9. The number of nitrogens with zero attached hydrogens (tertiary/aromatic N) is 2. The van der Waals surface area contributed by atoms with Crippen molar-refractivity contribution in [3.8, 4) is 0 Å². The molecule has 0 radical (unpaired) electrons. The van der Waals surface area contributed by atoms with Crippen LogP contribution >= 0.6 is 0 Å². The number of aryl methyl sites for hydroxylation is 1. The molecular formula is C12H15N3. The Morgan fingerprint density at radius 3 is 2.87 bits per heavy atom. The number of anilines is 1. The molecule has 3 nitrogen and oxygen atoms in total. The maximum absolute atomic E-state index is 5.82. The molecule has 0 aliphatic heterocycles. The first kappa shape index (κ1) is 8.77. The molecule has 1 heterocycles. The van der Waals surface area contributed by atoms with Crippen LogP contribution in [-0.4, -0.2) is 9.78 Å². The molecule has 0 saturated heterocycles. The number of hydrogen-bond acceptors (Lipinski definition) is 2. The van der Waals surface area contributed by atoms with Crippen LogP contribution in [0.25, 0.3) is 10.9 Å². The second-order valence-electron chi connectivity index (χ2n) is 4.41. The van der Waals surface area contributed by atoms with Gasteiger partial charge < -0.3 is 5.73 Å². The van der Waals surface area contributed by atoms with Gasteiger partial charge in [-0.2, -0.15) is 5.10 Å². The second-order valence-corrected chi connectivity index (χ2v) is 4.41. The van der Waals surface area contributed by atoms with Crippen LogP contribution < -0.4 is 5.73 Å². The fourth-order valence-corrected chi connectivity index (χ4v) is 2.40. The lowest BCUT2D eigenvalue weighted by atomic mass is 9.81. The Balaban J connectivity index is 2.25. The van der Waals surface area contributed by atoms with E-state index in [0.717, 1.165) is 11.2 Å². The molecule has 0 unspecified atom stereocenters. The Hall–Kier alpha value is -1.51. The van der Waals surface area contributed by atoms with Crippen LogP contribution in [0.3, 0.4) is 0 Å². The van der Waals surface area contributed by atoms with E-state index in [1.165, 1.54) is 30.3 Å². The van der Waals surface area contributed by atoms with E-state index < -0.39 is 0 Å². The van der Waals surface area contributed by atoms with E-state index >= 15 is 0 Å². The summed E-state index contributed by atoms with van der Waals surface area (Å²) in [5.74, 6) is 0.696. The van der Waals surface area contributed by atoms with Gasteiger partial charge in [0.15, 0.2) is 0 Å². The Bertz CT molecular complexity index is 509. The van der Waals surface area contributed by atoms with Crippen LogP contribution in [0.2, 0.25) is 0 Å². The van der Waals surface area contributed by atoms with Gasteiger partial charge in [-0.3, -0.25) is 4.68 Å². The third-order valence-electron chi connectivity index (χ3n) is 3.39. The molecule has 0 spiro atoms. The fraction of sp³-hybridized carbons (Fsp3) is 0.417. The molecule has 3 rings (SSSR count). The molecule has 1 aromatic carbocycles. The van der Waals surface area contributed by atoms with Gasteiger partial charge in [0, 0.05) is 29.7 Å². The molecule has 78 valence electrons. The van der Waals surface area contributed by atoms with E-state index in [0.29, 0.717) is 5.92 Å². The van der Waals surface area contributed by atoms with Crippen LogP contribution in [0.4, 0.5) is 5.69 Å². The van der Waals surface area contributed by atoms with Crippen molar-refractivity contribution in [1.82, 2.24) is 9.78 Å². The molecule has 1 saturated carbocycles. The quantitative estimate of drug-likeness (QED) is 0.720. The first-order chi connectivity index (χ1) is 7.25. The summed E-state index contributed by atoms with van der Waals surface area (Å²) in [5.41, 5.74) is 9.08. The van der Waals surface area contributed by atoms with Crippen LogP contribution in [0.5, 0.6) is 0 Å². The van der Waals surface area contributed by atoms with Gasteiger partial charge in [-0.15, -0.1) is 0 Å². The topological polar surface area (TPSA) is 43.8 Å². The molecule has 2 N–H and O–H groups in total. The zero-order valence-electron chi connectivity index (χ0n) is 8.90. The van der Waals surface area contributed by atoms with Gasteiger partial charge in [0.05, 0.1) is 5.52 Å². The third kappa shape index (κ3) is 1.23. The summed E-state index contributed by atoms with van der Waals surface area (Å²) < 4.78 is 2.02. The van der Waals surface area contributed by atoms with Crippen molar-refractivity contribution in [3.63, 3.8) is 0 Å². The molecule has 15 heavy (non-hydrogen) atoms. The Labute approximate surface area is 88.9 Å². The summed E-state index contributed by atoms with van der Waals surface area (Å²) in [6, 6.07) is 5.97. The van der Waals surface area contributed by atoms with Crippen molar-refractivity contribution in [1.29, 1.82) is 0 Å². The van der Waals surface area contributed by atoms with Gasteiger partial charge in [0.2, 0.25) is 0 Å². The highest BCUT2D eigenvalue weighted by atomic mass is 15.3. The molecule has 0 amide bonds. The molecule has 0 atom stereocenters. The summed E-state index contributed by atoms with van der Waals surface area (Å²) in [6.07, 6.45) is 3.94. The summed E-state index contributed by atoms with van der Waals surface area (Å²) in [4.78, 5) is 0. The van der Waals surface area contributed by atoms with Crippen molar-refractivity contribution >= 4 is 16.6 Å². The molecule has 1 fully saturated rings. The number of benzene rings is 1. The lowest BCUT2D eigenvalue weighted by Crippen LogP contribution is -2.13. The van der Waals surface area contributed by atoms with E-state index in [9.17, 15) is 0 Å². The molecule has 1 aromatic heterocycles. The third-order valence-corrected chi connectivity index (χ3v) is 3.39. The number of hydrogen-bond donors (Lipinski definition) is 1. The first-order valence-electron chi connectivity index (χ1n) is 5.48. The predicted molar refractivity (Wildman–Crippen MR) is 61.7 cm³/mol. The predicted octanol–water partition coefficient (Wildman–Crippen LogP) is 2.42. The SMILES string of the molecule is Cn1nc2ccc(N)cc2c1C1CCC1. The highest BCUT2D eigenvalue weighted by Crippen LogP contribution is 2.39. The smallest absolute Gasteiger partial charge is 0.0927 e. The van der Waals surface area contributed by atoms with Crippen molar-refractivity contribution in [2.75, 3.05) is 5.73 Å². The van der Waals surface area contributed by atoms with Gasteiger partial charge in [-0.05, 0) is 31.0 Å². The van der Waals surface area contributed by atoms with Gasteiger partial charge >= 0.3 is 0 Å². The number of rotatable bonds is 1. The monoisotopic (exact) mass is 201 g/mol. The summed E-state index contributed by atoms with van der Waals surface area (Å²) >= 11 is 0. The van der Waals surface area contributed by atoms with E-state index in [1.807, 2.05) is 23.9 Å². The van der Waals surface area contributed by atoms with E-state index in [4.69, 9.17) is 5.73 Å². The fourth-order valence-electron chi connectivity index (χ4n) is 2.40. The molecule has 2 aromatic rings. The van der Waals surface area contributed by atoms with Gasteiger partial charge in [-0.1, -0.05) is 6.42 Å². The number of nitrogen functional groups attached to an aromatic ring is 1. The van der Waals surface area contributed by atoms with Gasteiger partial charge in [0.25, 0.3) is 0 Å². The van der Waals surface area contributed by atoms with Crippen molar-refractivity contribution in [2.24, 2.45) is 7.05 Å². The average Bonchev–Trinajstić information content (AvgIpc) is 2.42. The zero-order chi connectivity index (χ0) is 10.4. The minimum atomic E-state index is 0.696. The Morgan fingerprint density at radius 1 is 1.40 bits per heavy atom. The van der Waals surface area contributed by atoms with Gasteiger partial charge in [-0.25, -0.2) is 0 Å². The molecular weight excluding hydrogens is 186 g/mol. The molecule has 3 heteroatoms. The standard InChI is InChI=1S/C12H15N3/c1-15-12(8-3-2-4-8)10-7-9(13)5-6-11(10)14-15/h5-8H,2-4,13H2,1H3. The van der Waals surface area contributed by atoms with Crippen LogP contribution in [0.15, 0.2) is 18.2 Å². The van der Waals surface area contributed by atoms with Crippen LogP contribution in [-0.2, 0) is 7.05 Å². The molecule has 1 aliphatic rings. The second kappa shape index (κ2) is 2.99. The molecule has 1 aliphatic carbocycles. The van der Waals surface area contributed by atoms with Crippen LogP contribution in [0, 0.1) is 0 Å². The average molecular weight is 201 g/mol. The minimum absolute atomic E-state index is 0.696. The van der Waals surface area contributed by atoms with Crippen molar-refractivity contribution in [3.05, 3.63) is 23.9 Å². The van der Waals surface area contributed by atoms with E-state index in [-0.39, 0.29) is 0 Å². The van der Waals surface area contributed by atoms with Gasteiger partial charge in [0.1, 0.15) is 0 Å². The highest BCUT2D eigenvalue weighted by Gasteiger charge is 2.25. The lowest BCUT2D eigenvalue weighted by molar-refractivity contribution is 0.399.